The Kier molecular flexibility index (Phi) is 4.21. The van der Waals surface area contributed by atoms with Gasteiger partial charge in [-0.05, 0) is 37.6 Å². The van der Waals surface area contributed by atoms with Gasteiger partial charge in [0, 0.05) is 10.0 Å². The second kappa shape index (κ2) is 5.49. The summed E-state index contributed by atoms with van der Waals surface area (Å²) in [6.07, 6.45) is 4.97. The van der Waals surface area contributed by atoms with E-state index in [1.54, 1.807) is 0 Å². The van der Waals surface area contributed by atoms with Crippen molar-refractivity contribution in [2.45, 2.75) is 13.3 Å². The van der Waals surface area contributed by atoms with E-state index in [0.29, 0.717) is 18.5 Å². The molecule has 92 valence electrons. The molecule has 1 aromatic rings. The molecule has 0 saturated carbocycles. The van der Waals surface area contributed by atoms with Crippen molar-refractivity contribution < 1.29 is 13.9 Å². The smallest absolute Gasteiger partial charge is 0.288 e. The number of hydrogen-bond donors (Lipinski definition) is 0. The highest BCUT2D eigenvalue weighted by Gasteiger charge is 2.31. The lowest BCUT2D eigenvalue weighted by molar-refractivity contribution is -0.209. The molecule has 2 rings (SSSR count). The monoisotopic (exact) mass is 316 g/mol. The van der Waals surface area contributed by atoms with Crippen molar-refractivity contribution >= 4 is 23.9 Å². The highest BCUT2D eigenvalue weighted by atomic mass is 79.9. The van der Waals surface area contributed by atoms with Crippen molar-refractivity contribution in [3.05, 3.63) is 40.4 Å². The van der Waals surface area contributed by atoms with E-state index in [0.717, 1.165) is 16.5 Å². The molecule has 1 unspecified atom stereocenters. The number of halogens is 1. The van der Waals surface area contributed by atoms with Gasteiger partial charge in [-0.3, -0.25) is 0 Å². The number of hydrogen-bond acceptors (Lipinski definition) is 3. The van der Waals surface area contributed by atoms with Gasteiger partial charge in [-0.15, -0.1) is 0 Å². The average Bonchev–Trinajstić information content (AvgIpc) is 2.26. The lowest BCUT2D eigenvalue weighted by Crippen LogP contribution is -2.22. The van der Waals surface area contributed by atoms with Crippen LogP contribution < -0.4 is 9.42 Å². The fraction of sp³-hybridized carbons (Fsp3) is 0.333. The largest absolute Gasteiger partial charge is 0.624 e. The molecule has 1 aromatic carbocycles. The van der Waals surface area contributed by atoms with Crippen LogP contribution in [0.2, 0.25) is 0 Å². The highest BCUT2D eigenvalue weighted by Crippen LogP contribution is 2.53. The lowest BCUT2D eigenvalue weighted by atomic mass is 10.1. The van der Waals surface area contributed by atoms with Gasteiger partial charge in [0.2, 0.25) is 0 Å². The average molecular weight is 317 g/mol. The molecule has 0 N–H and O–H groups in total. The van der Waals surface area contributed by atoms with Gasteiger partial charge in [-0.2, -0.15) is 0 Å². The van der Waals surface area contributed by atoms with Gasteiger partial charge < -0.3 is 9.42 Å². The number of fused-ring (bicyclic) bond motifs is 1. The molecular formula is C12H14BrO3P. The van der Waals surface area contributed by atoms with Gasteiger partial charge in [0.25, 0.3) is 7.94 Å². The molecule has 1 atom stereocenters. The quantitative estimate of drug-likeness (QED) is 0.622. The molecule has 0 radical (unpaired) electrons. The first-order valence-electron chi connectivity index (χ1n) is 5.49. The minimum Gasteiger partial charge on any atom is -0.624 e. The van der Waals surface area contributed by atoms with Crippen LogP contribution in [0.25, 0.3) is 0 Å². The van der Waals surface area contributed by atoms with Crippen LogP contribution in [0.5, 0.6) is 5.75 Å². The van der Waals surface area contributed by atoms with Crippen LogP contribution in [0, 0.1) is 0 Å². The van der Waals surface area contributed by atoms with Crippen LogP contribution in [-0.4, -0.2) is 12.8 Å². The summed E-state index contributed by atoms with van der Waals surface area (Å²) >= 11 is 3.41. The summed E-state index contributed by atoms with van der Waals surface area (Å²) in [4.78, 5) is 12.3. The molecule has 0 aliphatic carbocycles. The fourth-order valence-corrected chi connectivity index (χ4v) is 3.59. The number of rotatable bonds is 2. The number of benzene rings is 1. The van der Waals surface area contributed by atoms with E-state index in [4.69, 9.17) is 9.05 Å². The Hall–Kier alpha value is -0.410. The third kappa shape index (κ3) is 3.29. The Balaban J connectivity index is 2.33. The maximum atomic E-state index is 12.3. The lowest BCUT2D eigenvalue weighted by Gasteiger charge is -2.28. The Morgan fingerprint density at radius 3 is 3.06 bits per heavy atom. The third-order valence-corrected chi connectivity index (χ3v) is 4.70. The summed E-state index contributed by atoms with van der Waals surface area (Å²) < 4.78 is 11.8. The van der Waals surface area contributed by atoms with Crippen molar-refractivity contribution in [3.8, 4) is 5.75 Å². The minimum atomic E-state index is -3.03. The summed E-state index contributed by atoms with van der Waals surface area (Å²) in [5.41, 5.74) is 1.01. The molecule has 1 aliphatic rings. The van der Waals surface area contributed by atoms with E-state index >= 15 is 0 Å². The molecule has 5 heteroatoms. The predicted octanol–water partition coefficient (Wildman–Crippen LogP) is 3.10. The maximum Gasteiger partial charge on any atom is 0.288 e. The second-order valence-electron chi connectivity index (χ2n) is 3.73. The van der Waals surface area contributed by atoms with E-state index in [-0.39, 0.29) is 0 Å². The van der Waals surface area contributed by atoms with E-state index in [9.17, 15) is 4.89 Å². The van der Waals surface area contributed by atoms with Crippen molar-refractivity contribution in [1.82, 2.24) is 0 Å². The maximum absolute atomic E-state index is 12.3. The van der Waals surface area contributed by atoms with Gasteiger partial charge in [0.15, 0.2) is 5.75 Å². The van der Waals surface area contributed by atoms with E-state index in [1.165, 1.54) is 0 Å². The predicted molar refractivity (Wildman–Crippen MR) is 71.0 cm³/mol. The first-order chi connectivity index (χ1) is 8.13. The minimum absolute atomic E-state index is 0.330. The van der Waals surface area contributed by atoms with Crippen LogP contribution in [-0.2, 0) is 10.9 Å². The molecule has 0 fully saturated rings. The summed E-state index contributed by atoms with van der Waals surface area (Å²) in [6, 6.07) is 5.67. The summed E-state index contributed by atoms with van der Waals surface area (Å²) in [5.74, 6) is 0.648. The molecule has 0 bridgehead atoms. The summed E-state index contributed by atoms with van der Waals surface area (Å²) in [7, 11) is -3.03. The molecule has 17 heavy (non-hydrogen) atoms. The Bertz CT molecular complexity index is 436. The molecule has 1 aliphatic heterocycles. The molecule has 1 heterocycles. The van der Waals surface area contributed by atoms with Gasteiger partial charge in [-0.1, -0.05) is 22.0 Å². The second-order valence-corrected chi connectivity index (χ2v) is 6.67. The number of allylic oxidation sites excluding steroid dienone is 2. The zero-order valence-corrected chi connectivity index (χ0v) is 12.0. The summed E-state index contributed by atoms with van der Waals surface area (Å²) in [5, 5.41) is 0. The van der Waals surface area contributed by atoms with Crippen LogP contribution in [0.4, 0.5) is 0 Å². The molecule has 3 nitrogen and oxygen atoms in total. The van der Waals surface area contributed by atoms with Gasteiger partial charge >= 0.3 is 0 Å². The van der Waals surface area contributed by atoms with Gasteiger partial charge in [0.05, 0.1) is 6.61 Å². The molecule has 0 spiro atoms. The third-order valence-electron chi connectivity index (χ3n) is 2.42. The van der Waals surface area contributed by atoms with E-state index in [2.05, 4.69) is 15.9 Å². The van der Waals surface area contributed by atoms with Gasteiger partial charge in [0.1, 0.15) is 6.16 Å². The normalized spacial score (nSPS) is 25.4. The Morgan fingerprint density at radius 1 is 1.47 bits per heavy atom. The van der Waals surface area contributed by atoms with E-state index < -0.39 is 7.94 Å². The standard InChI is InChI=1S/C12H14BrO3P/c1-2-15-17(14)8-4-3-5-10-9-11(13)6-7-12(10)16-17/h3-4,6-7,9H,2,5,8H2,1H3/b4-3-. The van der Waals surface area contributed by atoms with Crippen molar-refractivity contribution in [1.29, 1.82) is 0 Å². The molecule has 0 amide bonds. The van der Waals surface area contributed by atoms with Crippen LogP contribution in [0.1, 0.15) is 12.5 Å². The summed E-state index contributed by atoms with van der Waals surface area (Å²) in [6.45, 7) is 2.20. The van der Waals surface area contributed by atoms with Crippen LogP contribution in [0.15, 0.2) is 34.8 Å². The zero-order valence-electron chi connectivity index (χ0n) is 9.56. The molecular weight excluding hydrogens is 303 g/mol. The molecule has 0 saturated heterocycles. The van der Waals surface area contributed by atoms with E-state index in [1.807, 2.05) is 37.3 Å². The van der Waals surface area contributed by atoms with Crippen molar-refractivity contribution in [2.75, 3.05) is 12.8 Å². The van der Waals surface area contributed by atoms with Gasteiger partial charge in [-0.25, -0.2) is 4.52 Å². The van der Waals surface area contributed by atoms with Crippen LogP contribution >= 0.6 is 23.9 Å². The van der Waals surface area contributed by atoms with Crippen molar-refractivity contribution in [2.24, 2.45) is 0 Å². The highest BCUT2D eigenvalue weighted by molar-refractivity contribution is 9.10. The molecule has 0 aromatic heterocycles. The topological polar surface area (TPSA) is 41.5 Å². The first kappa shape index (κ1) is 13.0. The Labute approximate surface area is 110 Å². The van der Waals surface area contributed by atoms with Crippen molar-refractivity contribution in [3.63, 3.8) is 0 Å². The first-order valence-corrected chi connectivity index (χ1v) is 8.02. The SMILES string of the molecule is CCO[P+]1([O-])C/C=C\Cc2cc(Br)ccc2O1. The Morgan fingerprint density at radius 2 is 2.29 bits per heavy atom. The zero-order chi connectivity index (χ0) is 12.3. The fourth-order valence-electron chi connectivity index (χ4n) is 1.67. The van der Waals surface area contributed by atoms with Crippen LogP contribution in [0.3, 0.4) is 0 Å².